The normalized spacial score (nSPS) is 9.64. The van der Waals surface area contributed by atoms with E-state index < -0.39 is 0 Å². The Balaban J connectivity index is 2.96. The van der Waals surface area contributed by atoms with E-state index in [0.29, 0.717) is 12.5 Å². The molecule has 0 aliphatic rings. The molecule has 11 heavy (non-hydrogen) atoms. The average molecular weight is 174 g/mol. The summed E-state index contributed by atoms with van der Waals surface area (Å²) in [5, 5.41) is 0.174. The number of nitrogens with one attached hydrogen (secondary N) is 1. The Morgan fingerprint density at radius 1 is 1.73 bits per heavy atom. The molecule has 1 heterocycles. The zero-order valence-corrected chi connectivity index (χ0v) is 6.81. The van der Waals surface area contributed by atoms with Crippen LogP contribution in [0, 0.1) is 0 Å². The SMILES string of the molecule is CCOc1cc(=O)c(Cl)c[nH]1. The number of ether oxygens (including phenoxy) is 1. The largest absolute Gasteiger partial charge is 0.479 e. The number of aromatic nitrogens is 1. The van der Waals surface area contributed by atoms with Crippen LogP contribution in [0.25, 0.3) is 0 Å². The van der Waals surface area contributed by atoms with Crippen LogP contribution >= 0.6 is 11.6 Å². The minimum atomic E-state index is -0.228. The molecule has 0 aliphatic carbocycles. The van der Waals surface area contributed by atoms with E-state index in [0.717, 1.165) is 0 Å². The first-order chi connectivity index (χ1) is 5.24. The molecule has 0 saturated carbocycles. The average Bonchev–Trinajstić information content (AvgIpc) is 1.98. The predicted molar refractivity (Wildman–Crippen MR) is 43.2 cm³/mol. The molecule has 0 unspecified atom stereocenters. The molecule has 0 spiro atoms. The third kappa shape index (κ3) is 1.98. The topological polar surface area (TPSA) is 42.1 Å². The van der Waals surface area contributed by atoms with Gasteiger partial charge in [-0.1, -0.05) is 11.6 Å². The standard InChI is InChI=1S/C7H8ClNO2/c1-2-11-7-3-6(10)5(8)4-9-7/h3-4H,2H2,1H3,(H,9,10). The smallest absolute Gasteiger partial charge is 0.203 e. The molecule has 1 aromatic rings. The van der Waals surface area contributed by atoms with E-state index in [2.05, 4.69) is 4.98 Å². The van der Waals surface area contributed by atoms with Crippen molar-refractivity contribution in [3.63, 3.8) is 0 Å². The fourth-order valence-corrected chi connectivity index (χ4v) is 0.783. The number of H-pyrrole nitrogens is 1. The molecule has 0 aromatic carbocycles. The molecule has 0 aliphatic heterocycles. The Bertz CT molecular complexity index is 295. The summed E-state index contributed by atoms with van der Waals surface area (Å²) < 4.78 is 5.03. The zero-order chi connectivity index (χ0) is 8.27. The molecule has 4 heteroatoms. The van der Waals surface area contributed by atoms with E-state index in [1.807, 2.05) is 6.92 Å². The van der Waals surface area contributed by atoms with Crippen molar-refractivity contribution in [2.75, 3.05) is 6.61 Å². The first kappa shape index (κ1) is 8.14. The molecule has 0 saturated heterocycles. The molecule has 1 aromatic heterocycles. The van der Waals surface area contributed by atoms with Gasteiger partial charge in [0, 0.05) is 12.3 Å². The summed E-state index contributed by atoms with van der Waals surface area (Å²) in [7, 11) is 0. The molecular formula is C7H8ClNO2. The first-order valence-electron chi connectivity index (χ1n) is 3.25. The van der Waals surface area contributed by atoms with Gasteiger partial charge in [0.2, 0.25) is 5.43 Å². The van der Waals surface area contributed by atoms with Crippen LogP contribution < -0.4 is 10.2 Å². The molecule has 60 valence electrons. The summed E-state index contributed by atoms with van der Waals surface area (Å²) in [5.74, 6) is 0.446. The van der Waals surface area contributed by atoms with Gasteiger partial charge >= 0.3 is 0 Å². The van der Waals surface area contributed by atoms with Gasteiger partial charge < -0.3 is 9.72 Å². The molecule has 1 rings (SSSR count). The predicted octanol–water partition coefficient (Wildman–Crippen LogP) is 1.43. The Morgan fingerprint density at radius 2 is 2.45 bits per heavy atom. The van der Waals surface area contributed by atoms with Gasteiger partial charge in [-0.2, -0.15) is 0 Å². The van der Waals surface area contributed by atoms with Crippen LogP contribution in [0.1, 0.15) is 6.92 Å². The lowest BCUT2D eigenvalue weighted by Crippen LogP contribution is -2.03. The Labute approximate surface area is 69.0 Å². The van der Waals surface area contributed by atoms with Crippen molar-refractivity contribution in [2.24, 2.45) is 0 Å². The van der Waals surface area contributed by atoms with Gasteiger partial charge in [-0.05, 0) is 6.92 Å². The second-order valence-corrected chi connectivity index (χ2v) is 2.35. The first-order valence-corrected chi connectivity index (χ1v) is 3.63. The lowest BCUT2D eigenvalue weighted by molar-refractivity contribution is 0.326. The van der Waals surface area contributed by atoms with Crippen molar-refractivity contribution in [1.29, 1.82) is 0 Å². The maximum absolute atomic E-state index is 10.9. The summed E-state index contributed by atoms with van der Waals surface area (Å²) in [5.41, 5.74) is -0.228. The summed E-state index contributed by atoms with van der Waals surface area (Å²) in [6.45, 7) is 2.37. The summed E-state index contributed by atoms with van der Waals surface area (Å²) in [4.78, 5) is 13.6. The highest BCUT2D eigenvalue weighted by Gasteiger charge is 1.96. The third-order valence-corrected chi connectivity index (χ3v) is 1.43. The molecule has 0 radical (unpaired) electrons. The van der Waals surface area contributed by atoms with Gasteiger partial charge in [-0.15, -0.1) is 0 Å². The number of hydrogen-bond donors (Lipinski definition) is 1. The van der Waals surface area contributed by atoms with E-state index in [1.54, 1.807) is 0 Å². The molecule has 0 bridgehead atoms. The monoisotopic (exact) mass is 173 g/mol. The number of aromatic amines is 1. The van der Waals surface area contributed by atoms with Crippen molar-refractivity contribution in [1.82, 2.24) is 4.98 Å². The highest BCUT2D eigenvalue weighted by atomic mass is 35.5. The van der Waals surface area contributed by atoms with Crippen molar-refractivity contribution in [2.45, 2.75) is 6.92 Å². The molecule has 3 nitrogen and oxygen atoms in total. The second kappa shape index (κ2) is 3.44. The van der Waals surface area contributed by atoms with Crippen molar-refractivity contribution >= 4 is 11.6 Å². The van der Waals surface area contributed by atoms with Gasteiger partial charge in [0.25, 0.3) is 0 Å². The van der Waals surface area contributed by atoms with Gasteiger partial charge in [-0.25, -0.2) is 0 Å². The summed E-state index contributed by atoms with van der Waals surface area (Å²) in [6, 6.07) is 1.33. The number of pyridine rings is 1. The van der Waals surface area contributed by atoms with Crippen molar-refractivity contribution in [3.05, 3.63) is 27.5 Å². The minimum Gasteiger partial charge on any atom is -0.479 e. The van der Waals surface area contributed by atoms with E-state index in [-0.39, 0.29) is 10.5 Å². The van der Waals surface area contributed by atoms with Gasteiger partial charge in [0.15, 0.2) is 5.88 Å². The molecular weight excluding hydrogens is 166 g/mol. The molecule has 0 atom stereocenters. The summed E-state index contributed by atoms with van der Waals surface area (Å²) in [6.07, 6.45) is 1.41. The van der Waals surface area contributed by atoms with Crippen LogP contribution in [0.3, 0.4) is 0 Å². The van der Waals surface area contributed by atoms with E-state index in [4.69, 9.17) is 16.3 Å². The highest BCUT2D eigenvalue weighted by Crippen LogP contribution is 2.05. The van der Waals surface area contributed by atoms with E-state index >= 15 is 0 Å². The van der Waals surface area contributed by atoms with Gasteiger partial charge in [0.1, 0.15) is 5.02 Å². The maximum Gasteiger partial charge on any atom is 0.203 e. The van der Waals surface area contributed by atoms with Crippen LogP contribution in [0.15, 0.2) is 17.1 Å². The lowest BCUT2D eigenvalue weighted by atomic mass is 10.5. The van der Waals surface area contributed by atoms with Gasteiger partial charge in [0.05, 0.1) is 6.61 Å². The van der Waals surface area contributed by atoms with Crippen LogP contribution in [0.2, 0.25) is 5.02 Å². The Morgan fingerprint density at radius 3 is 3.00 bits per heavy atom. The lowest BCUT2D eigenvalue weighted by Gasteiger charge is -2.00. The number of halogens is 1. The summed E-state index contributed by atoms with van der Waals surface area (Å²) >= 11 is 5.48. The molecule has 0 fully saturated rings. The van der Waals surface area contributed by atoms with Crippen LogP contribution in [0.4, 0.5) is 0 Å². The van der Waals surface area contributed by atoms with Crippen LogP contribution in [-0.2, 0) is 0 Å². The number of rotatable bonds is 2. The Hall–Kier alpha value is -0.960. The third-order valence-electron chi connectivity index (χ3n) is 1.14. The van der Waals surface area contributed by atoms with Crippen molar-refractivity contribution < 1.29 is 4.74 Å². The van der Waals surface area contributed by atoms with E-state index in [9.17, 15) is 4.79 Å². The second-order valence-electron chi connectivity index (χ2n) is 1.94. The Kier molecular flexibility index (Phi) is 2.54. The van der Waals surface area contributed by atoms with Crippen LogP contribution in [-0.4, -0.2) is 11.6 Å². The zero-order valence-electron chi connectivity index (χ0n) is 6.06. The molecule has 1 N–H and O–H groups in total. The quantitative estimate of drug-likeness (QED) is 0.735. The molecule has 0 amide bonds. The van der Waals surface area contributed by atoms with Gasteiger partial charge in [-0.3, -0.25) is 4.79 Å². The maximum atomic E-state index is 10.9. The fraction of sp³-hybridized carbons (Fsp3) is 0.286. The van der Waals surface area contributed by atoms with Crippen molar-refractivity contribution in [3.8, 4) is 5.88 Å². The van der Waals surface area contributed by atoms with E-state index in [1.165, 1.54) is 12.3 Å². The minimum absolute atomic E-state index is 0.174. The number of hydrogen-bond acceptors (Lipinski definition) is 2. The van der Waals surface area contributed by atoms with Crippen LogP contribution in [0.5, 0.6) is 5.88 Å². The fourth-order valence-electron chi connectivity index (χ4n) is 0.674. The highest BCUT2D eigenvalue weighted by molar-refractivity contribution is 6.30.